The van der Waals surface area contributed by atoms with Gasteiger partial charge in [-0.05, 0) is 76.2 Å². The van der Waals surface area contributed by atoms with Gasteiger partial charge in [0.1, 0.15) is 0 Å². The molecule has 9 aromatic rings. The lowest BCUT2D eigenvalue weighted by Gasteiger charge is -2.19. The van der Waals surface area contributed by atoms with Crippen molar-refractivity contribution in [1.82, 2.24) is 9.13 Å². The maximum atomic E-state index is 8.27. The van der Waals surface area contributed by atoms with Crippen LogP contribution in [-0.2, 0) is 0 Å². The third-order valence-electron chi connectivity index (χ3n) is 9.36. The Morgan fingerprint density at radius 2 is 1.00 bits per heavy atom. The van der Waals surface area contributed by atoms with Gasteiger partial charge in [0, 0.05) is 21.8 Å². The highest BCUT2D eigenvalue weighted by Crippen LogP contribution is 2.45. The van der Waals surface area contributed by atoms with Gasteiger partial charge in [0.25, 0.3) is 0 Å². The number of hydrogen-bond donors (Lipinski definition) is 0. The first-order valence-corrected chi connectivity index (χ1v) is 15.8. The number of nitrogens with zero attached hydrogens (tertiary/aromatic N) is 4. The molecule has 0 N–H and O–H groups in total. The van der Waals surface area contributed by atoms with Gasteiger partial charge >= 0.3 is 0 Å². The highest BCUT2D eigenvalue weighted by Gasteiger charge is 2.20. The normalized spacial score (nSPS) is 11.3. The second-order valence-corrected chi connectivity index (χ2v) is 11.9. The number of fused-ring (bicyclic) bond motifs is 6. The third kappa shape index (κ3) is 4.07. The summed E-state index contributed by atoms with van der Waals surface area (Å²) in [4.78, 5) is 7.77. The van der Waals surface area contributed by atoms with Crippen LogP contribution in [0.3, 0.4) is 0 Å². The lowest BCUT2D eigenvalue weighted by atomic mass is 9.91. The van der Waals surface area contributed by atoms with E-state index in [0.717, 1.165) is 66.5 Å². The van der Waals surface area contributed by atoms with E-state index in [-0.39, 0.29) is 0 Å². The fourth-order valence-corrected chi connectivity index (χ4v) is 7.34. The molecule has 48 heavy (non-hydrogen) atoms. The Labute approximate surface area is 277 Å². The first-order valence-electron chi connectivity index (χ1n) is 15.8. The van der Waals surface area contributed by atoms with Crippen LogP contribution in [0.5, 0.6) is 0 Å². The molecule has 222 valence electrons. The highest BCUT2D eigenvalue weighted by molar-refractivity contribution is 6.12. The van der Waals surface area contributed by atoms with Gasteiger partial charge in [-0.25, -0.2) is 9.69 Å². The van der Waals surface area contributed by atoms with E-state index in [1.54, 1.807) is 0 Å². The van der Waals surface area contributed by atoms with Crippen molar-refractivity contribution in [3.05, 3.63) is 181 Å². The van der Waals surface area contributed by atoms with Crippen molar-refractivity contribution in [2.24, 2.45) is 0 Å². The topological polar surface area (TPSA) is 18.6 Å². The summed E-state index contributed by atoms with van der Waals surface area (Å²) in [6.07, 6.45) is 0. The summed E-state index contributed by atoms with van der Waals surface area (Å²) < 4.78 is 4.60. The van der Waals surface area contributed by atoms with Crippen LogP contribution in [0.25, 0.3) is 86.9 Å². The van der Waals surface area contributed by atoms with Crippen LogP contribution < -0.4 is 0 Å². The zero-order valence-corrected chi connectivity index (χ0v) is 25.8. The molecule has 0 atom stereocenters. The smallest absolute Gasteiger partial charge is 0.195 e. The average molecular weight is 611 g/mol. The predicted octanol–water partition coefficient (Wildman–Crippen LogP) is 12.3. The fraction of sp³-hybridized carbons (Fsp3) is 0. The van der Waals surface area contributed by atoms with Gasteiger partial charge in [0.15, 0.2) is 11.4 Å². The molecule has 0 aliphatic carbocycles. The second kappa shape index (κ2) is 10.9. The minimum Gasteiger partial charge on any atom is -0.309 e. The number of aromatic nitrogens is 2. The lowest BCUT2D eigenvalue weighted by Crippen LogP contribution is -1.98. The fourth-order valence-electron chi connectivity index (χ4n) is 7.34. The molecule has 9 rings (SSSR count). The Bertz CT molecular complexity index is 2760. The van der Waals surface area contributed by atoms with E-state index in [9.17, 15) is 0 Å². The van der Waals surface area contributed by atoms with E-state index >= 15 is 0 Å². The molecule has 0 saturated heterocycles. The SMILES string of the molecule is [C-]#[N+]c1ccc2c(c1)c1ccccc1n2-c1ccccc1-c1c([N+]#[C-])cccc1-c1cccc(-n2c3ccccc3c3ccccc32)c1. The van der Waals surface area contributed by atoms with Gasteiger partial charge < -0.3 is 9.13 Å². The largest absolute Gasteiger partial charge is 0.309 e. The Morgan fingerprint density at radius 1 is 0.417 bits per heavy atom. The molecule has 0 aliphatic rings. The summed E-state index contributed by atoms with van der Waals surface area (Å²) in [6, 6.07) is 54.3. The van der Waals surface area contributed by atoms with Crippen molar-refractivity contribution in [2.75, 3.05) is 0 Å². The summed E-state index contributed by atoms with van der Waals surface area (Å²) in [7, 11) is 0. The zero-order chi connectivity index (χ0) is 32.2. The molecular weight excluding hydrogens is 585 g/mol. The van der Waals surface area contributed by atoms with Crippen molar-refractivity contribution in [1.29, 1.82) is 0 Å². The summed E-state index contributed by atoms with van der Waals surface area (Å²) in [6.45, 7) is 15.9. The van der Waals surface area contributed by atoms with E-state index in [1.165, 1.54) is 10.8 Å². The van der Waals surface area contributed by atoms with E-state index < -0.39 is 0 Å². The molecule has 0 spiro atoms. The number of para-hydroxylation sites is 4. The summed E-state index contributed by atoms with van der Waals surface area (Å²) in [5.74, 6) is 0. The number of rotatable bonds is 4. The van der Waals surface area contributed by atoms with Gasteiger partial charge in [-0.1, -0.05) is 109 Å². The minimum atomic E-state index is 0.596. The molecule has 2 aromatic heterocycles. The molecule has 4 heteroatoms. The van der Waals surface area contributed by atoms with Crippen LogP contribution in [0.1, 0.15) is 0 Å². The highest BCUT2D eigenvalue weighted by atomic mass is 15.0. The lowest BCUT2D eigenvalue weighted by molar-refractivity contribution is 1.18. The molecule has 0 unspecified atom stereocenters. The third-order valence-corrected chi connectivity index (χ3v) is 9.36. The van der Waals surface area contributed by atoms with Crippen molar-refractivity contribution in [2.45, 2.75) is 0 Å². The molecule has 0 fully saturated rings. The number of hydrogen-bond acceptors (Lipinski definition) is 0. The van der Waals surface area contributed by atoms with Crippen LogP contribution >= 0.6 is 0 Å². The molecule has 7 aromatic carbocycles. The quantitative estimate of drug-likeness (QED) is 0.177. The van der Waals surface area contributed by atoms with Gasteiger partial charge in [-0.2, -0.15) is 0 Å². The van der Waals surface area contributed by atoms with E-state index in [1.807, 2.05) is 42.5 Å². The predicted molar refractivity (Wildman–Crippen MR) is 199 cm³/mol. The summed E-state index contributed by atoms with van der Waals surface area (Å²) in [5.41, 5.74) is 11.5. The van der Waals surface area contributed by atoms with E-state index in [0.29, 0.717) is 11.4 Å². The molecule has 0 amide bonds. The zero-order valence-electron chi connectivity index (χ0n) is 25.8. The molecule has 0 saturated carbocycles. The molecule has 0 bridgehead atoms. The molecule has 4 nitrogen and oxygen atoms in total. The van der Waals surface area contributed by atoms with Crippen LogP contribution in [0.4, 0.5) is 11.4 Å². The first kappa shape index (κ1) is 27.4. The Morgan fingerprint density at radius 3 is 1.71 bits per heavy atom. The summed E-state index contributed by atoms with van der Waals surface area (Å²) >= 11 is 0. The van der Waals surface area contributed by atoms with E-state index in [4.69, 9.17) is 13.1 Å². The summed E-state index contributed by atoms with van der Waals surface area (Å²) in [5, 5.41) is 4.56. The molecule has 0 aliphatic heterocycles. The average Bonchev–Trinajstić information content (AvgIpc) is 3.67. The van der Waals surface area contributed by atoms with Crippen molar-refractivity contribution in [3.8, 4) is 33.6 Å². The van der Waals surface area contributed by atoms with Gasteiger partial charge in [-0.3, -0.25) is 0 Å². The Balaban J connectivity index is 1.30. The maximum Gasteiger partial charge on any atom is 0.195 e. The molecular formula is C44H26N4. The van der Waals surface area contributed by atoms with Crippen LogP contribution in [0, 0.1) is 13.1 Å². The van der Waals surface area contributed by atoms with Crippen LogP contribution in [-0.4, -0.2) is 9.13 Å². The van der Waals surface area contributed by atoms with Crippen LogP contribution in [0.2, 0.25) is 0 Å². The van der Waals surface area contributed by atoms with Gasteiger partial charge in [0.05, 0.1) is 40.9 Å². The first-order chi connectivity index (χ1) is 23.7. The standard InChI is InChI=1S/C44H26N4/c1-45-30-25-26-43-37(28-30)35-17-5-9-23-41(35)48(43)42-24-10-6-18-36(42)44-32(19-12-20-38(44)46-2)29-13-11-14-31(27-29)47-39-21-7-3-15-33(39)34-16-4-8-22-40(34)47/h3-28H. The second-order valence-electron chi connectivity index (χ2n) is 11.9. The van der Waals surface area contributed by atoms with Crippen molar-refractivity contribution in [3.63, 3.8) is 0 Å². The molecule has 0 radical (unpaired) electrons. The van der Waals surface area contributed by atoms with Crippen molar-refractivity contribution < 1.29 is 0 Å². The monoisotopic (exact) mass is 610 g/mol. The van der Waals surface area contributed by atoms with Crippen LogP contribution in [0.15, 0.2) is 158 Å². The Hall–Kier alpha value is -6.88. The van der Waals surface area contributed by atoms with Crippen molar-refractivity contribution >= 4 is 55.0 Å². The van der Waals surface area contributed by atoms with Gasteiger partial charge in [0.2, 0.25) is 0 Å². The number of benzene rings is 7. The van der Waals surface area contributed by atoms with E-state index in [2.05, 4.69) is 134 Å². The van der Waals surface area contributed by atoms with Gasteiger partial charge in [-0.15, -0.1) is 0 Å². The minimum absolute atomic E-state index is 0.596. The maximum absolute atomic E-state index is 8.27. The molecule has 2 heterocycles. The Kier molecular flexibility index (Phi) is 6.22.